The molecule has 6 nitrogen and oxygen atoms in total. The molecular formula is C24H40IN5OS. The number of amides is 1. The molecule has 0 bridgehead atoms. The Morgan fingerprint density at radius 3 is 2.34 bits per heavy atom. The summed E-state index contributed by atoms with van der Waals surface area (Å²) in [5, 5.41) is 7.09. The molecule has 2 fully saturated rings. The first kappa shape index (κ1) is 27.2. The number of carbonyl (C=O) groups excluding carboxylic acids is 1. The summed E-state index contributed by atoms with van der Waals surface area (Å²) in [6.07, 6.45) is 6.59. The van der Waals surface area contributed by atoms with Gasteiger partial charge in [0.25, 0.3) is 5.91 Å². The molecule has 8 heteroatoms. The maximum atomic E-state index is 12.1. The van der Waals surface area contributed by atoms with Gasteiger partial charge in [0.15, 0.2) is 5.96 Å². The van der Waals surface area contributed by atoms with Gasteiger partial charge in [-0.1, -0.05) is 31.4 Å². The maximum absolute atomic E-state index is 12.1. The van der Waals surface area contributed by atoms with Gasteiger partial charge in [-0.25, -0.2) is 4.99 Å². The van der Waals surface area contributed by atoms with Gasteiger partial charge < -0.3 is 15.5 Å². The standard InChI is InChI=1S/C24H39N5OS.HI/c1-4-25-23(26-18-20-8-10-21(11-9-20)22(30)28(2)3)27-19-24(12-6-5-7-13-24)29-14-16-31-17-15-29;/h8-11H,4-7,12-19H2,1-3H3,(H2,25,26,27);1H. The number of nitrogens with zero attached hydrogens (tertiary/aromatic N) is 3. The van der Waals surface area contributed by atoms with E-state index in [1.54, 1.807) is 19.0 Å². The van der Waals surface area contributed by atoms with E-state index in [0.717, 1.165) is 24.6 Å². The first-order valence-corrected chi connectivity index (χ1v) is 12.8. The Hall–Kier alpha value is -1.00. The lowest BCUT2D eigenvalue weighted by molar-refractivity contribution is 0.0626. The largest absolute Gasteiger partial charge is 0.357 e. The molecule has 0 spiro atoms. The number of rotatable bonds is 7. The molecule has 180 valence electrons. The molecule has 3 rings (SSSR count). The summed E-state index contributed by atoms with van der Waals surface area (Å²) in [6, 6.07) is 7.77. The van der Waals surface area contributed by atoms with Gasteiger partial charge in [-0.2, -0.15) is 11.8 Å². The summed E-state index contributed by atoms with van der Waals surface area (Å²) < 4.78 is 0. The van der Waals surface area contributed by atoms with Crippen molar-refractivity contribution in [2.45, 2.75) is 51.1 Å². The van der Waals surface area contributed by atoms with E-state index in [1.807, 2.05) is 24.3 Å². The van der Waals surface area contributed by atoms with Crippen molar-refractivity contribution < 1.29 is 4.79 Å². The minimum Gasteiger partial charge on any atom is -0.357 e. The summed E-state index contributed by atoms with van der Waals surface area (Å²) in [5.41, 5.74) is 2.08. The summed E-state index contributed by atoms with van der Waals surface area (Å²) in [6.45, 7) is 6.92. The van der Waals surface area contributed by atoms with E-state index in [0.29, 0.717) is 12.1 Å². The number of carbonyl (C=O) groups is 1. The van der Waals surface area contributed by atoms with Gasteiger partial charge in [-0.3, -0.25) is 9.69 Å². The minimum atomic E-state index is 0. The van der Waals surface area contributed by atoms with E-state index < -0.39 is 0 Å². The smallest absolute Gasteiger partial charge is 0.253 e. The van der Waals surface area contributed by atoms with Crippen LogP contribution < -0.4 is 10.6 Å². The molecule has 1 aromatic rings. The van der Waals surface area contributed by atoms with Crippen molar-refractivity contribution in [3.05, 3.63) is 35.4 Å². The molecule has 0 aromatic heterocycles. The second kappa shape index (κ2) is 13.6. The Kier molecular flexibility index (Phi) is 11.6. The molecule has 1 aromatic carbocycles. The van der Waals surface area contributed by atoms with Gasteiger partial charge in [-0.15, -0.1) is 24.0 Å². The van der Waals surface area contributed by atoms with Crippen LogP contribution in [0.1, 0.15) is 54.9 Å². The molecule has 0 unspecified atom stereocenters. The highest BCUT2D eigenvalue weighted by atomic mass is 127. The van der Waals surface area contributed by atoms with Crippen LogP contribution >= 0.6 is 35.7 Å². The zero-order valence-electron chi connectivity index (χ0n) is 19.9. The lowest BCUT2D eigenvalue weighted by Gasteiger charge is -2.48. The molecule has 0 radical (unpaired) electrons. The fourth-order valence-corrected chi connectivity index (χ4v) is 5.53. The van der Waals surface area contributed by atoms with Crippen molar-refractivity contribution in [2.75, 3.05) is 51.8 Å². The fraction of sp³-hybridized carbons (Fsp3) is 0.667. The lowest BCUT2D eigenvalue weighted by atomic mass is 9.80. The van der Waals surface area contributed by atoms with Crippen molar-refractivity contribution in [1.29, 1.82) is 0 Å². The van der Waals surface area contributed by atoms with E-state index in [4.69, 9.17) is 4.99 Å². The van der Waals surface area contributed by atoms with Crippen molar-refractivity contribution in [2.24, 2.45) is 4.99 Å². The van der Waals surface area contributed by atoms with Crippen LogP contribution in [0.15, 0.2) is 29.3 Å². The van der Waals surface area contributed by atoms with E-state index in [1.165, 1.54) is 56.7 Å². The van der Waals surface area contributed by atoms with Crippen molar-refractivity contribution >= 4 is 47.6 Å². The van der Waals surface area contributed by atoms with Gasteiger partial charge in [0.1, 0.15) is 0 Å². The molecule has 2 N–H and O–H groups in total. The van der Waals surface area contributed by atoms with Crippen LogP contribution in [0, 0.1) is 0 Å². The molecule has 1 heterocycles. The molecule has 1 saturated heterocycles. The highest BCUT2D eigenvalue weighted by Crippen LogP contribution is 2.34. The predicted molar refractivity (Wildman–Crippen MR) is 147 cm³/mol. The topological polar surface area (TPSA) is 60.0 Å². The maximum Gasteiger partial charge on any atom is 0.253 e. The number of thioether (sulfide) groups is 1. The summed E-state index contributed by atoms with van der Waals surface area (Å²) in [7, 11) is 3.55. The molecule has 1 aliphatic carbocycles. The molecule has 0 atom stereocenters. The number of aliphatic imine (C=N–C) groups is 1. The molecule has 1 aliphatic heterocycles. The zero-order valence-corrected chi connectivity index (χ0v) is 23.0. The average molecular weight is 574 g/mol. The Morgan fingerprint density at radius 1 is 1.09 bits per heavy atom. The molecular weight excluding hydrogens is 533 g/mol. The Labute approximate surface area is 215 Å². The van der Waals surface area contributed by atoms with Gasteiger partial charge in [0.05, 0.1) is 6.54 Å². The molecule has 2 aliphatic rings. The zero-order chi connectivity index (χ0) is 22.1. The Morgan fingerprint density at radius 2 is 1.75 bits per heavy atom. The van der Waals surface area contributed by atoms with Gasteiger partial charge in [0.2, 0.25) is 0 Å². The second-order valence-corrected chi connectivity index (χ2v) is 10.1. The highest BCUT2D eigenvalue weighted by molar-refractivity contribution is 14.0. The van der Waals surface area contributed by atoms with Crippen molar-refractivity contribution in [3.63, 3.8) is 0 Å². The first-order valence-electron chi connectivity index (χ1n) is 11.7. The third-order valence-corrected chi connectivity index (χ3v) is 7.36. The van der Waals surface area contributed by atoms with Gasteiger partial charge in [-0.05, 0) is 37.5 Å². The predicted octanol–water partition coefficient (Wildman–Crippen LogP) is 3.81. The van der Waals surface area contributed by atoms with E-state index in [2.05, 4.69) is 34.2 Å². The van der Waals surface area contributed by atoms with Crippen LogP contribution in [0.2, 0.25) is 0 Å². The van der Waals surface area contributed by atoms with Crippen LogP contribution in [0.5, 0.6) is 0 Å². The Balaban J connectivity index is 0.00000363. The first-order chi connectivity index (χ1) is 15.0. The van der Waals surface area contributed by atoms with Crippen LogP contribution in [-0.2, 0) is 6.54 Å². The molecule has 1 amide bonds. The summed E-state index contributed by atoms with van der Waals surface area (Å²) in [5.74, 6) is 3.41. The average Bonchev–Trinajstić information content (AvgIpc) is 2.82. The van der Waals surface area contributed by atoms with Crippen LogP contribution in [0.4, 0.5) is 0 Å². The number of guanidine groups is 1. The summed E-state index contributed by atoms with van der Waals surface area (Å²) >= 11 is 2.08. The van der Waals surface area contributed by atoms with Crippen molar-refractivity contribution in [1.82, 2.24) is 20.4 Å². The fourth-order valence-electron chi connectivity index (χ4n) is 4.62. The van der Waals surface area contributed by atoms with Crippen LogP contribution in [0.25, 0.3) is 0 Å². The monoisotopic (exact) mass is 573 g/mol. The van der Waals surface area contributed by atoms with Crippen molar-refractivity contribution in [3.8, 4) is 0 Å². The summed E-state index contributed by atoms with van der Waals surface area (Å²) in [4.78, 5) is 21.3. The van der Waals surface area contributed by atoms with Gasteiger partial charge in [0, 0.05) is 62.9 Å². The number of hydrogen-bond acceptors (Lipinski definition) is 4. The molecule has 1 saturated carbocycles. The Bertz CT molecular complexity index is 728. The van der Waals surface area contributed by atoms with Crippen LogP contribution in [-0.4, -0.2) is 79.0 Å². The lowest BCUT2D eigenvalue weighted by Crippen LogP contribution is -2.59. The molecule has 32 heavy (non-hydrogen) atoms. The number of halogens is 1. The van der Waals surface area contributed by atoms with E-state index >= 15 is 0 Å². The van der Waals surface area contributed by atoms with E-state index in [9.17, 15) is 4.79 Å². The number of hydrogen-bond donors (Lipinski definition) is 2. The third kappa shape index (κ3) is 7.52. The normalized spacial score (nSPS) is 19.0. The second-order valence-electron chi connectivity index (χ2n) is 8.83. The highest BCUT2D eigenvalue weighted by Gasteiger charge is 2.38. The van der Waals surface area contributed by atoms with Gasteiger partial charge >= 0.3 is 0 Å². The SMILES string of the molecule is CCNC(=NCc1ccc(C(=O)N(C)C)cc1)NCC1(N2CCSCC2)CCCCC1.I. The number of nitrogens with one attached hydrogen (secondary N) is 2. The third-order valence-electron chi connectivity index (χ3n) is 6.42. The quantitative estimate of drug-likeness (QED) is 0.295. The minimum absolute atomic E-state index is 0. The number of benzene rings is 1. The van der Waals surface area contributed by atoms with E-state index in [-0.39, 0.29) is 35.4 Å². The van der Waals surface area contributed by atoms with Crippen LogP contribution in [0.3, 0.4) is 0 Å².